The van der Waals surface area contributed by atoms with E-state index in [0.29, 0.717) is 22.0 Å². The lowest BCUT2D eigenvalue weighted by Gasteiger charge is -2.14. The second kappa shape index (κ2) is 8.19. The summed E-state index contributed by atoms with van der Waals surface area (Å²) in [5.41, 5.74) is 12.7. The van der Waals surface area contributed by atoms with Crippen molar-refractivity contribution in [3.63, 3.8) is 0 Å². The molecule has 6 nitrogen and oxygen atoms in total. The number of aryl methyl sites for hydroxylation is 1. The maximum atomic E-state index is 12.2. The molecule has 0 spiro atoms. The van der Waals surface area contributed by atoms with Crippen LogP contribution in [0, 0.1) is 13.8 Å². The lowest BCUT2D eigenvalue weighted by atomic mass is 10.2. The van der Waals surface area contributed by atoms with Crippen LogP contribution >= 0.6 is 11.6 Å². The van der Waals surface area contributed by atoms with Crippen LogP contribution in [0.5, 0.6) is 5.75 Å². The van der Waals surface area contributed by atoms with Crippen molar-refractivity contribution in [2.45, 2.75) is 13.8 Å². The molecule has 144 valence electrons. The predicted octanol–water partition coefficient (Wildman–Crippen LogP) is 4.10. The number of nitrogens with two attached hydrogens (primary N) is 1. The van der Waals surface area contributed by atoms with E-state index in [0.717, 1.165) is 22.6 Å². The molecule has 7 heteroatoms. The van der Waals surface area contributed by atoms with Crippen LogP contribution in [-0.2, 0) is 0 Å². The van der Waals surface area contributed by atoms with Crippen molar-refractivity contribution in [2.75, 3.05) is 12.8 Å². The van der Waals surface area contributed by atoms with Crippen molar-refractivity contribution in [3.8, 4) is 11.4 Å². The number of amides is 1. The fraction of sp³-hybridized carbons (Fsp3) is 0.143. The number of ether oxygens (including phenoxy) is 1. The van der Waals surface area contributed by atoms with Crippen LogP contribution in [0.2, 0.25) is 5.02 Å². The summed E-state index contributed by atoms with van der Waals surface area (Å²) in [6.45, 7) is 3.94. The maximum Gasteiger partial charge on any atom is 0.273 e. The summed E-state index contributed by atoms with van der Waals surface area (Å²) in [4.78, 5) is 12.2. The number of aromatic nitrogens is 1. The highest BCUT2D eigenvalue weighted by Crippen LogP contribution is 2.30. The minimum atomic E-state index is -0.361. The molecule has 28 heavy (non-hydrogen) atoms. The van der Waals surface area contributed by atoms with E-state index in [2.05, 4.69) is 10.5 Å². The molecule has 0 aliphatic rings. The van der Waals surface area contributed by atoms with Gasteiger partial charge in [-0.3, -0.25) is 4.79 Å². The molecule has 3 aromatic rings. The Balaban J connectivity index is 1.87. The molecule has 0 aliphatic carbocycles. The summed E-state index contributed by atoms with van der Waals surface area (Å²) in [7, 11) is 1.62. The number of halogens is 1. The molecule has 0 bridgehead atoms. The van der Waals surface area contributed by atoms with Gasteiger partial charge in [-0.2, -0.15) is 5.10 Å². The molecule has 0 unspecified atom stereocenters. The minimum Gasteiger partial charge on any atom is -0.495 e. The van der Waals surface area contributed by atoms with Crippen LogP contribution in [0.3, 0.4) is 0 Å². The van der Waals surface area contributed by atoms with Gasteiger partial charge in [0.1, 0.15) is 5.75 Å². The third kappa shape index (κ3) is 3.87. The summed E-state index contributed by atoms with van der Waals surface area (Å²) in [6, 6.07) is 14.3. The number of carbonyl (C=O) groups excluding carboxylic acids is 1. The molecule has 1 heterocycles. The Morgan fingerprint density at radius 2 is 1.96 bits per heavy atom. The van der Waals surface area contributed by atoms with Gasteiger partial charge in [-0.05, 0) is 50.2 Å². The van der Waals surface area contributed by atoms with Crippen LogP contribution in [-0.4, -0.2) is 23.8 Å². The number of nitrogens with zero attached hydrogens (tertiary/aromatic N) is 2. The van der Waals surface area contributed by atoms with Crippen LogP contribution in [0.1, 0.15) is 27.3 Å². The van der Waals surface area contributed by atoms with Gasteiger partial charge < -0.3 is 15.0 Å². The van der Waals surface area contributed by atoms with E-state index in [4.69, 9.17) is 22.1 Å². The molecule has 0 saturated carbocycles. The zero-order valence-electron chi connectivity index (χ0n) is 15.9. The van der Waals surface area contributed by atoms with E-state index in [-0.39, 0.29) is 5.91 Å². The monoisotopic (exact) mass is 396 g/mol. The standard InChI is InChI=1S/C21H21ClN4O2/c1-13-10-15(12-24-25-21(27)17-6-4-5-7-18(17)23)14(2)26(13)19-11-16(22)8-9-20(19)28-3/h4-12H,23H2,1-3H3,(H,25,27)/b24-12-. The quantitative estimate of drug-likeness (QED) is 0.387. The molecule has 0 saturated heterocycles. The average Bonchev–Trinajstić information content (AvgIpc) is 2.95. The Morgan fingerprint density at radius 3 is 2.68 bits per heavy atom. The minimum absolute atomic E-state index is 0.361. The van der Waals surface area contributed by atoms with E-state index in [1.54, 1.807) is 43.7 Å². The molecule has 3 rings (SSSR count). The SMILES string of the molecule is COc1ccc(Cl)cc1-n1c(C)cc(/C=N\NC(=O)c2ccccc2N)c1C. The summed E-state index contributed by atoms with van der Waals surface area (Å²) in [5.74, 6) is 0.349. The molecular formula is C21H21ClN4O2. The molecule has 1 aromatic heterocycles. The highest BCUT2D eigenvalue weighted by Gasteiger charge is 2.14. The van der Waals surface area contributed by atoms with Crippen LogP contribution in [0.4, 0.5) is 5.69 Å². The normalized spacial score (nSPS) is 11.0. The molecule has 0 aliphatic heterocycles. The Morgan fingerprint density at radius 1 is 1.21 bits per heavy atom. The van der Waals surface area contributed by atoms with Gasteiger partial charge in [0.2, 0.25) is 0 Å². The van der Waals surface area contributed by atoms with E-state index in [9.17, 15) is 4.79 Å². The van der Waals surface area contributed by atoms with Crippen molar-refractivity contribution in [3.05, 3.63) is 76.1 Å². The smallest absolute Gasteiger partial charge is 0.273 e. The van der Waals surface area contributed by atoms with E-state index < -0.39 is 0 Å². The zero-order chi connectivity index (χ0) is 20.3. The topological polar surface area (TPSA) is 81.6 Å². The Kier molecular flexibility index (Phi) is 5.70. The van der Waals surface area contributed by atoms with Gasteiger partial charge in [0, 0.05) is 27.7 Å². The number of nitrogens with one attached hydrogen (secondary N) is 1. The predicted molar refractivity (Wildman–Crippen MR) is 113 cm³/mol. The summed E-state index contributed by atoms with van der Waals surface area (Å²) >= 11 is 6.17. The van der Waals surface area contributed by atoms with Crippen molar-refractivity contribution in [2.24, 2.45) is 5.10 Å². The van der Waals surface area contributed by atoms with Gasteiger partial charge in [-0.1, -0.05) is 23.7 Å². The number of carbonyl (C=O) groups is 1. The first-order valence-corrected chi connectivity index (χ1v) is 9.01. The summed E-state index contributed by atoms with van der Waals surface area (Å²) < 4.78 is 7.50. The lowest BCUT2D eigenvalue weighted by molar-refractivity contribution is 0.0956. The number of hydrogen-bond acceptors (Lipinski definition) is 4. The Bertz CT molecular complexity index is 1060. The first-order valence-electron chi connectivity index (χ1n) is 8.63. The first-order chi connectivity index (χ1) is 13.4. The molecular weight excluding hydrogens is 376 g/mol. The Hall–Kier alpha value is -3.25. The van der Waals surface area contributed by atoms with E-state index in [1.165, 1.54) is 0 Å². The number of hydrazone groups is 1. The van der Waals surface area contributed by atoms with Gasteiger partial charge in [0.15, 0.2) is 0 Å². The maximum absolute atomic E-state index is 12.2. The zero-order valence-corrected chi connectivity index (χ0v) is 16.6. The molecule has 0 fully saturated rings. The number of methoxy groups -OCH3 is 1. The number of anilines is 1. The van der Waals surface area contributed by atoms with E-state index >= 15 is 0 Å². The van der Waals surface area contributed by atoms with Gasteiger partial charge in [-0.25, -0.2) is 5.43 Å². The largest absolute Gasteiger partial charge is 0.495 e. The number of rotatable bonds is 5. The molecule has 1 amide bonds. The second-order valence-electron chi connectivity index (χ2n) is 6.26. The van der Waals surface area contributed by atoms with E-state index in [1.807, 2.05) is 36.6 Å². The average molecular weight is 397 g/mol. The van der Waals surface area contributed by atoms with Gasteiger partial charge in [0.25, 0.3) is 5.91 Å². The number of benzene rings is 2. The number of para-hydroxylation sites is 1. The van der Waals surface area contributed by atoms with Crippen molar-refractivity contribution >= 4 is 29.4 Å². The molecule has 2 aromatic carbocycles. The first kappa shape index (κ1) is 19.5. The third-order valence-corrected chi connectivity index (χ3v) is 4.66. The molecule has 3 N–H and O–H groups in total. The van der Waals surface area contributed by atoms with Gasteiger partial charge in [0.05, 0.1) is 24.6 Å². The molecule has 0 atom stereocenters. The third-order valence-electron chi connectivity index (χ3n) is 4.43. The van der Waals surface area contributed by atoms with Crippen LogP contribution < -0.4 is 15.9 Å². The van der Waals surface area contributed by atoms with Crippen LogP contribution in [0.15, 0.2) is 53.6 Å². The highest BCUT2D eigenvalue weighted by molar-refractivity contribution is 6.30. The van der Waals surface area contributed by atoms with Crippen molar-refractivity contribution in [1.29, 1.82) is 0 Å². The fourth-order valence-corrected chi connectivity index (χ4v) is 3.22. The number of hydrogen-bond donors (Lipinski definition) is 2. The summed E-state index contributed by atoms with van der Waals surface area (Å²) in [5, 5.41) is 4.69. The van der Waals surface area contributed by atoms with Crippen molar-refractivity contribution < 1.29 is 9.53 Å². The summed E-state index contributed by atoms with van der Waals surface area (Å²) in [6.07, 6.45) is 1.60. The Labute approximate surface area is 168 Å². The van der Waals surface area contributed by atoms with Gasteiger partial charge in [-0.15, -0.1) is 0 Å². The van der Waals surface area contributed by atoms with Crippen molar-refractivity contribution in [1.82, 2.24) is 9.99 Å². The number of nitrogen functional groups attached to an aromatic ring is 1. The molecule has 0 radical (unpaired) electrons. The van der Waals surface area contributed by atoms with Gasteiger partial charge >= 0.3 is 0 Å². The lowest BCUT2D eigenvalue weighted by Crippen LogP contribution is -2.19. The van der Waals surface area contributed by atoms with Crippen LogP contribution in [0.25, 0.3) is 5.69 Å². The highest BCUT2D eigenvalue weighted by atomic mass is 35.5. The second-order valence-corrected chi connectivity index (χ2v) is 6.70. The fourth-order valence-electron chi connectivity index (χ4n) is 3.05.